The standard InChI is InChI=1S/C11H12N6S4/c1-3-5-4-6-7(19-5)13-9(15-12)14-8(6)20-11-17-16-10(18-2)21-11/h4H,3,12H2,1-2H3,(H,13,14,15). The maximum atomic E-state index is 5.46. The van der Waals surface area contributed by atoms with E-state index in [-0.39, 0.29) is 0 Å². The highest BCUT2D eigenvalue weighted by Gasteiger charge is 2.14. The molecule has 0 aliphatic heterocycles. The fourth-order valence-electron chi connectivity index (χ4n) is 1.67. The molecule has 3 aromatic rings. The summed E-state index contributed by atoms with van der Waals surface area (Å²) in [5, 5.41) is 10.2. The molecule has 0 spiro atoms. The van der Waals surface area contributed by atoms with Crippen LogP contribution in [0.15, 0.2) is 19.8 Å². The Morgan fingerprint density at radius 3 is 2.71 bits per heavy atom. The number of nitrogens with zero attached hydrogens (tertiary/aromatic N) is 4. The number of rotatable bonds is 5. The lowest BCUT2D eigenvalue weighted by atomic mass is 10.3. The molecule has 21 heavy (non-hydrogen) atoms. The summed E-state index contributed by atoms with van der Waals surface area (Å²) in [6, 6.07) is 2.14. The van der Waals surface area contributed by atoms with Crippen LogP contribution in [0.25, 0.3) is 10.2 Å². The second-order valence-electron chi connectivity index (χ2n) is 3.92. The van der Waals surface area contributed by atoms with Crippen molar-refractivity contribution in [3.63, 3.8) is 0 Å². The molecule has 3 rings (SSSR count). The third-order valence-electron chi connectivity index (χ3n) is 2.63. The van der Waals surface area contributed by atoms with Gasteiger partial charge in [-0.05, 0) is 30.5 Å². The SMILES string of the molecule is CCc1cc2c(Sc3nnc(SC)s3)nc(NN)nc2s1. The molecular formula is C11H12N6S4. The van der Waals surface area contributed by atoms with Crippen LogP contribution in [0.5, 0.6) is 0 Å². The number of hydrogen-bond donors (Lipinski definition) is 2. The molecule has 0 amide bonds. The zero-order valence-corrected chi connectivity index (χ0v) is 14.5. The van der Waals surface area contributed by atoms with E-state index in [0.717, 1.165) is 30.3 Å². The number of thiophene rings is 1. The predicted octanol–water partition coefficient (Wildman–Crippen LogP) is 3.26. The summed E-state index contributed by atoms with van der Waals surface area (Å²) >= 11 is 6.31. The third kappa shape index (κ3) is 3.14. The van der Waals surface area contributed by atoms with Crippen LogP contribution >= 0.6 is 46.2 Å². The van der Waals surface area contributed by atoms with Crippen LogP contribution < -0.4 is 11.3 Å². The summed E-state index contributed by atoms with van der Waals surface area (Å²) in [6.45, 7) is 2.13. The molecule has 3 heterocycles. The van der Waals surface area contributed by atoms with Crippen molar-refractivity contribution >= 4 is 62.4 Å². The lowest BCUT2D eigenvalue weighted by Crippen LogP contribution is -2.10. The van der Waals surface area contributed by atoms with E-state index < -0.39 is 0 Å². The number of thioether (sulfide) groups is 1. The number of anilines is 1. The summed E-state index contributed by atoms with van der Waals surface area (Å²) in [5.74, 6) is 5.88. The molecule has 0 fully saturated rings. The quantitative estimate of drug-likeness (QED) is 0.312. The van der Waals surface area contributed by atoms with Gasteiger partial charge in [0.15, 0.2) is 8.68 Å². The minimum Gasteiger partial charge on any atom is -0.292 e. The van der Waals surface area contributed by atoms with E-state index in [1.807, 2.05) is 6.26 Å². The van der Waals surface area contributed by atoms with E-state index in [1.165, 1.54) is 16.6 Å². The Morgan fingerprint density at radius 1 is 1.24 bits per heavy atom. The minimum absolute atomic E-state index is 0.420. The van der Waals surface area contributed by atoms with Crippen molar-refractivity contribution in [2.75, 3.05) is 11.7 Å². The molecule has 0 aliphatic rings. The average Bonchev–Trinajstić information content (AvgIpc) is 3.12. The van der Waals surface area contributed by atoms with Gasteiger partial charge in [0.2, 0.25) is 5.95 Å². The molecule has 0 aliphatic carbocycles. The second-order valence-corrected chi connectivity index (χ2v) is 8.30. The van der Waals surface area contributed by atoms with Gasteiger partial charge in [-0.2, -0.15) is 0 Å². The normalized spacial score (nSPS) is 11.2. The zero-order valence-electron chi connectivity index (χ0n) is 11.3. The molecule has 3 N–H and O–H groups in total. The van der Waals surface area contributed by atoms with Crippen LogP contribution in [-0.2, 0) is 6.42 Å². The topological polar surface area (TPSA) is 89.6 Å². The summed E-state index contributed by atoms with van der Waals surface area (Å²) < 4.78 is 1.81. The van der Waals surface area contributed by atoms with E-state index in [1.54, 1.807) is 34.4 Å². The molecule has 0 bridgehead atoms. The van der Waals surface area contributed by atoms with Gasteiger partial charge in [0.05, 0.1) is 0 Å². The van der Waals surface area contributed by atoms with E-state index in [2.05, 4.69) is 38.6 Å². The number of fused-ring (bicyclic) bond motifs is 1. The van der Waals surface area contributed by atoms with Crippen LogP contribution in [0.1, 0.15) is 11.8 Å². The first-order valence-corrected chi connectivity index (χ1v) is 9.73. The molecule has 0 saturated carbocycles. The van der Waals surface area contributed by atoms with Crippen molar-refractivity contribution in [2.24, 2.45) is 5.84 Å². The van der Waals surface area contributed by atoms with Gasteiger partial charge in [0, 0.05) is 10.3 Å². The molecule has 3 aromatic heterocycles. The van der Waals surface area contributed by atoms with Gasteiger partial charge in [-0.15, -0.1) is 21.5 Å². The van der Waals surface area contributed by atoms with Crippen molar-refractivity contribution in [3.8, 4) is 0 Å². The van der Waals surface area contributed by atoms with Crippen LogP contribution in [0.2, 0.25) is 0 Å². The fraction of sp³-hybridized carbons (Fsp3) is 0.273. The maximum absolute atomic E-state index is 5.46. The molecule has 0 atom stereocenters. The van der Waals surface area contributed by atoms with Gasteiger partial charge in [0.1, 0.15) is 9.86 Å². The highest BCUT2D eigenvalue weighted by Crippen LogP contribution is 2.38. The fourth-order valence-corrected chi connectivity index (χ4v) is 5.15. The molecule has 0 aromatic carbocycles. The largest absolute Gasteiger partial charge is 0.292 e. The van der Waals surface area contributed by atoms with Crippen molar-refractivity contribution in [2.45, 2.75) is 27.0 Å². The Kier molecular flexibility index (Phi) is 4.60. The molecule has 110 valence electrons. The number of nitrogens with one attached hydrogen (secondary N) is 1. The molecule has 6 nitrogen and oxygen atoms in total. The van der Waals surface area contributed by atoms with Crippen LogP contribution in [-0.4, -0.2) is 26.4 Å². The molecular weight excluding hydrogens is 344 g/mol. The first-order valence-electron chi connectivity index (χ1n) is 6.06. The van der Waals surface area contributed by atoms with Gasteiger partial charge < -0.3 is 0 Å². The second kappa shape index (κ2) is 6.44. The van der Waals surface area contributed by atoms with E-state index in [0.29, 0.717) is 5.95 Å². The summed E-state index contributed by atoms with van der Waals surface area (Å²) in [5.41, 5.74) is 2.52. The summed E-state index contributed by atoms with van der Waals surface area (Å²) in [4.78, 5) is 11.1. The van der Waals surface area contributed by atoms with Crippen LogP contribution in [0, 0.1) is 0 Å². The van der Waals surface area contributed by atoms with Gasteiger partial charge in [-0.3, -0.25) is 5.43 Å². The van der Waals surface area contributed by atoms with Gasteiger partial charge in [-0.1, -0.05) is 30.0 Å². The highest BCUT2D eigenvalue weighted by molar-refractivity contribution is 8.03. The minimum atomic E-state index is 0.420. The smallest absolute Gasteiger partial charge is 0.239 e. The summed E-state index contributed by atoms with van der Waals surface area (Å²) in [6.07, 6.45) is 2.96. The van der Waals surface area contributed by atoms with Gasteiger partial charge in [0.25, 0.3) is 0 Å². The van der Waals surface area contributed by atoms with Crippen molar-refractivity contribution in [1.82, 2.24) is 20.2 Å². The Bertz CT molecular complexity index is 767. The Balaban J connectivity index is 2.04. The Morgan fingerprint density at radius 2 is 2.05 bits per heavy atom. The Labute approximate surface area is 137 Å². The number of nitrogens with two attached hydrogens (primary N) is 1. The van der Waals surface area contributed by atoms with E-state index in [9.17, 15) is 0 Å². The maximum Gasteiger partial charge on any atom is 0.239 e. The first-order chi connectivity index (χ1) is 10.2. The average molecular weight is 357 g/mol. The predicted molar refractivity (Wildman–Crippen MR) is 90.4 cm³/mol. The summed E-state index contributed by atoms with van der Waals surface area (Å²) in [7, 11) is 0. The molecule has 10 heteroatoms. The van der Waals surface area contributed by atoms with Gasteiger partial charge in [-0.25, -0.2) is 15.8 Å². The first kappa shape index (κ1) is 15.0. The third-order valence-corrected chi connectivity index (χ3v) is 6.76. The lowest BCUT2D eigenvalue weighted by molar-refractivity contribution is 0.953. The number of hydrazine groups is 1. The number of nitrogen functional groups attached to an aromatic ring is 1. The molecule has 0 radical (unpaired) electrons. The molecule has 0 unspecified atom stereocenters. The lowest BCUT2D eigenvalue weighted by Gasteiger charge is -2.02. The number of hydrogen-bond acceptors (Lipinski definition) is 10. The number of aryl methyl sites for hydroxylation is 1. The molecule has 0 saturated heterocycles. The van der Waals surface area contributed by atoms with Crippen molar-refractivity contribution in [3.05, 3.63) is 10.9 Å². The van der Waals surface area contributed by atoms with Crippen LogP contribution in [0.4, 0.5) is 5.95 Å². The van der Waals surface area contributed by atoms with Crippen molar-refractivity contribution in [1.29, 1.82) is 0 Å². The zero-order chi connectivity index (χ0) is 14.8. The Hall–Kier alpha value is -0.940. The van der Waals surface area contributed by atoms with E-state index in [4.69, 9.17) is 5.84 Å². The highest BCUT2D eigenvalue weighted by atomic mass is 32.2. The monoisotopic (exact) mass is 356 g/mol. The number of aromatic nitrogens is 4. The van der Waals surface area contributed by atoms with Crippen LogP contribution in [0.3, 0.4) is 0 Å². The van der Waals surface area contributed by atoms with E-state index >= 15 is 0 Å². The van der Waals surface area contributed by atoms with Gasteiger partial charge >= 0.3 is 0 Å². The van der Waals surface area contributed by atoms with Crippen molar-refractivity contribution < 1.29 is 0 Å².